The van der Waals surface area contributed by atoms with Crippen molar-refractivity contribution in [2.75, 3.05) is 13.7 Å². The first-order valence-corrected chi connectivity index (χ1v) is 3.99. The Morgan fingerprint density at radius 1 is 1.62 bits per heavy atom. The van der Waals surface area contributed by atoms with E-state index in [0.717, 1.165) is 0 Å². The van der Waals surface area contributed by atoms with Crippen molar-refractivity contribution in [1.29, 1.82) is 0 Å². The van der Waals surface area contributed by atoms with Gasteiger partial charge in [-0.15, -0.1) is 0 Å². The number of rotatable bonds is 4. The SMILES string of the molecule is CC#CC(=O)OC(C)/C=C/COC. The standard InChI is InChI=1S/C10H14O3/c1-4-6-10(11)13-9(2)7-5-8-12-3/h5,7,9H,8H2,1-3H3/b7-5+. The zero-order valence-corrected chi connectivity index (χ0v) is 8.16. The van der Waals surface area contributed by atoms with Crippen molar-refractivity contribution in [1.82, 2.24) is 0 Å². The molecule has 0 aliphatic carbocycles. The summed E-state index contributed by atoms with van der Waals surface area (Å²) in [5.41, 5.74) is 0. The normalized spacial score (nSPS) is 11.9. The molecule has 0 spiro atoms. The molecule has 0 amide bonds. The van der Waals surface area contributed by atoms with Gasteiger partial charge in [0.15, 0.2) is 0 Å². The summed E-state index contributed by atoms with van der Waals surface area (Å²) in [7, 11) is 1.60. The van der Waals surface area contributed by atoms with Crippen molar-refractivity contribution in [3.8, 4) is 11.8 Å². The molecule has 1 unspecified atom stereocenters. The Hall–Kier alpha value is -1.27. The van der Waals surface area contributed by atoms with E-state index < -0.39 is 5.97 Å². The van der Waals surface area contributed by atoms with Crippen molar-refractivity contribution < 1.29 is 14.3 Å². The summed E-state index contributed by atoms with van der Waals surface area (Å²) in [4.78, 5) is 10.8. The second kappa shape index (κ2) is 7.38. The van der Waals surface area contributed by atoms with Gasteiger partial charge in [-0.25, -0.2) is 4.79 Å². The quantitative estimate of drug-likeness (QED) is 0.283. The summed E-state index contributed by atoms with van der Waals surface area (Å²) in [6.45, 7) is 3.87. The Balaban J connectivity index is 3.77. The van der Waals surface area contributed by atoms with Crippen molar-refractivity contribution in [3.05, 3.63) is 12.2 Å². The molecule has 0 saturated heterocycles. The molecule has 0 aliphatic rings. The van der Waals surface area contributed by atoms with E-state index in [1.54, 1.807) is 33.1 Å². The highest BCUT2D eigenvalue weighted by atomic mass is 16.5. The molecule has 1 atom stereocenters. The first-order chi connectivity index (χ1) is 6.20. The molecular weight excluding hydrogens is 168 g/mol. The molecule has 0 aliphatic heterocycles. The minimum Gasteiger partial charge on any atom is -0.449 e. The Morgan fingerprint density at radius 2 is 2.31 bits per heavy atom. The molecule has 0 bridgehead atoms. The minimum atomic E-state index is -0.503. The van der Waals surface area contributed by atoms with E-state index in [-0.39, 0.29) is 6.10 Å². The monoisotopic (exact) mass is 182 g/mol. The zero-order valence-electron chi connectivity index (χ0n) is 8.16. The fourth-order valence-corrected chi connectivity index (χ4v) is 0.683. The molecule has 72 valence electrons. The maximum absolute atomic E-state index is 10.8. The van der Waals surface area contributed by atoms with Gasteiger partial charge in [-0.1, -0.05) is 12.0 Å². The first-order valence-electron chi connectivity index (χ1n) is 3.99. The molecule has 13 heavy (non-hydrogen) atoms. The Morgan fingerprint density at radius 3 is 2.85 bits per heavy atom. The third-order valence-corrected chi connectivity index (χ3v) is 1.19. The molecule has 0 heterocycles. The van der Waals surface area contributed by atoms with Crippen LogP contribution in [0.4, 0.5) is 0 Å². The molecule has 3 heteroatoms. The van der Waals surface area contributed by atoms with Gasteiger partial charge in [-0.3, -0.25) is 0 Å². The van der Waals surface area contributed by atoms with Crippen LogP contribution in [0.5, 0.6) is 0 Å². The van der Waals surface area contributed by atoms with E-state index >= 15 is 0 Å². The number of methoxy groups -OCH3 is 1. The summed E-state index contributed by atoms with van der Waals surface area (Å²) in [5, 5.41) is 0. The Labute approximate surface area is 78.7 Å². The lowest BCUT2D eigenvalue weighted by Gasteiger charge is -2.04. The molecule has 0 aromatic heterocycles. The fraction of sp³-hybridized carbons (Fsp3) is 0.500. The minimum absolute atomic E-state index is 0.261. The van der Waals surface area contributed by atoms with Gasteiger partial charge in [0, 0.05) is 13.0 Å². The van der Waals surface area contributed by atoms with Crippen LogP contribution in [0.15, 0.2) is 12.2 Å². The molecule has 0 N–H and O–H groups in total. The lowest BCUT2D eigenvalue weighted by Crippen LogP contribution is -2.10. The summed E-state index contributed by atoms with van der Waals surface area (Å²) < 4.78 is 9.67. The van der Waals surface area contributed by atoms with Crippen LogP contribution >= 0.6 is 0 Å². The van der Waals surface area contributed by atoms with Crippen LogP contribution in [0.3, 0.4) is 0 Å². The number of hydrogen-bond acceptors (Lipinski definition) is 3. The molecular formula is C10H14O3. The van der Waals surface area contributed by atoms with Gasteiger partial charge in [-0.05, 0) is 19.9 Å². The summed E-state index contributed by atoms with van der Waals surface area (Å²) in [5.74, 6) is 4.25. The van der Waals surface area contributed by atoms with Crippen molar-refractivity contribution >= 4 is 5.97 Å². The lowest BCUT2D eigenvalue weighted by atomic mass is 10.3. The molecule has 0 saturated carbocycles. The van der Waals surface area contributed by atoms with Crippen LogP contribution in [0.1, 0.15) is 13.8 Å². The van der Waals surface area contributed by atoms with E-state index in [0.29, 0.717) is 6.61 Å². The molecule has 0 aromatic rings. The second-order valence-corrected chi connectivity index (χ2v) is 2.37. The van der Waals surface area contributed by atoms with Crippen LogP contribution in [0, 0.1) is 11.8 Å². The third-order valence-electron chi connectivity index (χ3n) is 1.19. The largest absolute Gasteiger partial charge is 0.449 e. The van der Waals surface area contributed by atoms with Crippen molar-refractivity contribution in [3.63, 3.8) is 0 Å². The van der Waals surface area contributed by atoms with E-state index in [4.69, 9.17) is 9.47 Å². The van der Waals surface area contributed by atoms with Gasteiger partial charge < -0.3 is 9.47 Å². The highest BCUT2D eigenvalue weighted by Gasteiger charge is 2.01. The van der Waals surface area contributed by atoms with Crippen molar-refractivity contribution in [2.24, 2.45) is 0 Å². The number of hydrogen-bond donors (Lipinski definition) is 0. The molecule has 3 nitrogen and oxygen atoms in total. The number of ether oxygens (including phenoxy) is 2. The topological polar surface area (TPSA) is 35.5 Å². The molecule has 0 rings (SSSR count). The zero-order chi connectivity index (χ0) is 10.1. The first kappa shape index (κ1) is 11.7. The van der Waals surface area contributed by atoms with Gasteiger partial charge in [0.05, 0.1) is 6.61 Å². The van der Waals surface area contributed by atoms with E-state index in [2.05, 4.69) is 11.8 Å². The fourth-order valence-electron chi connectivity index (χ4n) is 0.683. The summed E-state index contributed by atoms with van der Waals surface area (Å²) in [6.07, 6.45) is 3.28. The smallest absolute Gasteiger partial charge is 0.384 e. The number of carbonyl (C=O) groups excluding carboxylic acids is 1. The number of esters is 1. The maximum atomic E-state index is 10.8. The highest BCUT2D eigenvalue weighted by Crippen LogP contribution is 1.93. The van der Waals surface area contributed by atoms with Crippen LogP contribution < -0.4 is 0 Å². The predicted molar refractivity (Wildman–Crippen MR) is 50.0 cm³/mol. The second-order valence-electron chi connectivity index (χ2n) is 2.37. The van der Waals surface area contributed by atoms with Crippen molar-refractivity contribution in [2.45, 2.75) is 20.0 Å². The van der Waals surface area contributed by atoms with Crippen LogP contribution in [0.2, 0.25) is 0 Å². The predicted octanol–water partition coefficient (Wildman–Crippen LogP) is 1.14. The van der Waals surface area contributed by atoms with E-state index in [9.17, 15) is 4.79 Å². The average molecular weight is 182 g/mol. The van der Waals surface area contributed by atoms with Gasteiger partial charge >= 0.3 is 5.97 Å². The summed E-state index contributed by atoms with van der Waals surface area (Å²) >= 11 is 0. The van der Waals surface area contributed by atoms with Gasteiger partial charge in [0.2, 0.25) is 0 Å². The van der Waals surface area contributed by atoms with Gasteiger partial charge in [-0.2, -0.15) is 0 Å². The summed E-state index contributed by atoms with van der Waals surface area (Å²) in [6, 6.07) is 0. The maximum Gasteiger partial charge on any atom is 0.384 e. The highest BCUT2D eigenvalue weighted by molar-refractivity contribution is 5.88. The molecule has 0 aromatic carbocycles. The van der Waals surface area contributed by atoms with Gasteiger partial charge in [0.1, 0.15) is 6.10 Å². The van der Waals surface area contributed by atoms with Crippen LogP contribution in [0.25, 0.3) is 0 Å². The van der Waals surface area contributed by atoms with Gasteiger partial charge in [0.25, 0.3) is 0 Å². The van der Waals surface area contributed by atoms with E-state index in [1.165, 1.54) is 0 Å². The third kappa shape index (κ3) is 7.10. The number of carbonyl (C=O) groups is 1. The van der Waals surface area contributed by atoms with E-state index in [1.807, 2.05) is 0 Å². The lowest BCUT2D eigenvalue weighted by molar-refractivity contribution is -0.139. The molecule has 0 radical (unpaired) electrons. The molecule has 0 fully saturated rings. The average Bonchev–Trinajstić information content (AvgIpc) is 2.05. The Bertz CT molecular complexity index is 232. The van der Waals surface area contributed by atoms with Crippen LogP contribution in [-0.4, -0.2) is 25.8 Å². The van der Waals surface area contributed by atoms with Crippen LogP contribution in [-0.2, 0) is 14.3 Å². The Kier molecular flexibility index (Phi) is 6.66.